The van der Waals surface area contributed by atoms with Crippen LogP contribution in [0, 0.1) is 22.6 Å². The second kappa shape index (κ2) is 10.0. The van der Waals surface area contributed by atoms with Gasteiger partial charge in [-0.2, -0.15) is 5.26 Å². The van der Waals surface area contributed by atoms with E-state index in [1.165, 1.54) is 12.1 Å². The Morgan fingerprint density at radius 3 is 2.87 bits per heavy atom. The number of carbonyl (C=O) groups excluding carboxylic acids is 1. The minimum Gasteiger partial charge on any atom is -0.378 e. The Hall–Kier alpha value is -3.87. The minimum absolute atomic E-state index is 0.0279. The Kier molecular flexibility index (Phi) is 6.53. The van der Waals surface area contributed by atoms with Crippen molar-refractivity contribution in [2.75, 3.05) is 38.2 Å². The minimum atomic E-state index is -0.358. The van der Waals surface area contributed by atoms with Crippen LogP contribution < -0.4 is 4.90 Å². The van der Waals surface area contributed by atoms with E-state index in [1.807, 2.05) is 5.51 Å². The average Bonchev–Trinajstić information content (AvgIpc) is 3.59. The lowest BCUT2D eigenvalue weighted by molar-refractivity contribution is -0.136. The molecule has 0 unspecified atom stereocenters. The van der Waals surface area contributed by atoms with Crippen LogP contribution in [0.1, 0.15) is 40.2 Å². The molecule has 1 spiro atoms. The first-order valence-corrected chi connectivity index (χ1v) is 13.9. The van der Waals surface area contributed by atoms with E-state index in [4.69, 9.17) is 9.72 Å². The first-order chi connectivity index (χ1) is 19.0. The van der Waals surface area contributed by atoms with Gasteiger partial charge in [-0.15, -0.1) is 11.3 Å². The van der Waals surface area contributed by atoms with Crippen molar-refractivity contribution >= 4 is 34.7 Å². The second-order valence-corrected chi connectivity index (χ2v) is 11.3. The van der Waals surface area contributed by atoms with Crippen LogP contribution in [0.5, 0.6) is 0 Å². The van der Waals surface area contributed by atoms with Crippen LogP contribution in [0.15, 0.2) is 42.4 Å². The zero-order valence-corrected chi connectivity index (χ0v) is 22.6. The summed E-state index contributed by atoms with van der Waals surface area (Å²) in [5, 5.41) is 10.4. The highest BCUT2D eigenvalue weighted by atomic mass is 32.1. The van der Waals surface area contributed by atoms with Gasteiger partial charge in [-0.05, 0) is 48.6 Å². The number of fused-ring (bicyclic) bond motifs is 1. The normalized spacial score (nSPS) is 17.4. The Morgan fingerprint density at radius 2 is 2.13 bits per heavy atom. The molecule has 1 aromatic carbocycles. The zero-order valence-electron chi connectivity index (χ0n) is 21.7. The molecule has 2 aliphatic heterocycles. The summed E-state index contributed by atoms with van der Waals surface area (Å²) in [4.78, 5) is 26.6. The molecule has 0 bridgehead atoms. The van der Waals surface area contributed by atoms with Gasteiger partial charge in [0.1, 0.15) is 23.3 Å². The fourth-order valence-electron chi connectivity index (χ4n) is 6.16. The summed E-state index contributed by atoms with van der Waals surface area (Å²) >= 11 is 1.58. The molecule has 2 saturated heterocycles. The van der Waals surface area contributed by atoms with Gasteiger partial charge in [0.25, 0.3) is 0 Å². The van der Waals surface area contributed by atoms with E-state index in [-0.39, 0.29) is 17.1 Å². The number of methoxy groups -OCH3 is 1. The molecule has 0 N–H and O–H groups in total. The fourth-order valence-corrected chi connectivity index (χ4v) is 7.01. The first-order valence-electron chi connectivity index (χ1n) is 13.0. The van der Waals surface area contributed by atoms with Crippen LogP contribution in [0.4, 0.5) is 10.2 Å². The highest BCUT2D eigenvalue weighted by Crippen LogP contribution is 2.45. The van der Waals surface area contributed by atoms with Gasteiger partial charge < -0.3 is 14.5 Å². The molecular formula is C30H28FN5O2S. The molecule has 9 heteroatoms. The smallest absolute Gasteiger partial charge is 0.245 e. The maximum atomic E-state index is 15.2. The van der Waals surface area contributed by atoms with Gasteiger partial charge in [-0.3, -0.25) is 4.79 Å². The largest absolute Gasteiger partial charge is 0.378 e. The highest BCUT2D eigenvalue weighted by Gasteiger charge is 2.49. The SMILES string of the molecule is C=CC(=O)N1CC2(CCN(c3nc4c(c(-c5ccccc5F)c3C#N)CCC(c3scnc3COC)=C4)C2)C1. The van der Waals surface area contributed by atoms with Gasteiger partial charge in [0, 0.05) is 49.8 Å². The van der Waals surface area contributed by atoms with Gasteiger partial charge in [0.05, 0.1) is 28.4 Å². The third-order valence-electron chi connectivity index (χ3n) is 8.01. The number of carbonyl (C=O) groups is 1. The summed E-state index contributed by atoms with van der Waals surface area (Å²) < 4.78 is 20.6. The Labute approximate surface area is 230 Å². The molecule has 3 aliphatic rings. The van der Waals surface area contributed by atoms with Crippen LogP contribution in [0.3, 0.4) is 0 Å². The molecule has 3 aromatic rings. The molecule has 2 fully saturated rings. The molecule has 7 nitrogen and oxygen atoms in total. The number of thiazole rings is 1. The van der Waals surface area contributed by atoms with Crippen LogP contribution in [0.25, 0.3) is 22.8 Å². The Morgan fingerprint density at radius 1 is 1.31 bits per heavy atom. The van der Waals surface area contributed by atoms with Crippen LogP contribution in [-0.4, -0.2) is 54.1 Å². The molecule has 0 radical (unpaired) electrons. The molecular weight excluding hydrogens is 513 g/mol. The number of pyridine rings is 1. The number of rotatable bonds is 6. The van der Waals surface area contributed by atoms with Crippen molar-refractivity contribution in [3.05, 3.63) is 75.6 Å². The summed E-state index contributed by atoms with van der Waals surface area (Å²) in [7, 11) is 1.66. The number of amides is 1. The van der Waals surface area contributed by atoms with Crippen LogP contribution in [-0.2, 0) is 22.6 Å². The number of likely N-dealkylation sites (tertiary alicyclic amines) is 1. The van der Waals surface area contributed by atoms with E-state index in [2.05, 4.69) is 28.6 Å². The third-order valence-corrected chi connectivity index (χ3v) is 8.96. The van der Waals surface area contributed by atoms with Crippen molar-refractivity contribution in [2.24, 2.45) is 5.41 Å². The number of aromatic nitrogens is 2. The number of benzene rings is 1. The van der Waals surface area contributed by atoms with E-state index in [9.17, 15) is 10.1 Å². The van der Waals surface area contributed by atoms with Crippen molar-refractivity contribution in [1.29, 1.82) is 5.26 Å². The van der Waals surface area contributed by atoms with Gasteiger partial charge in [0.15, 0.2) is 0 Å². The van der Waals surface area contributed by atoms with E-state index >= 15 is 4.39 Å². The number of hydrogen-bond donors (Lipinski definition) is 0. The van der Waals surface area contributed by atoms with Crippen molar-refractivity contribution in [3.8, 4) is 17.2 Å². The number of halogens is 1. The molecule has 1 amide bonds. The van der Waals surface area contributed by atoms with Gasteiger partial charge in [-0.25, -0.2) is 14.4 Å². The number of nitrogens with zero attached hydrogens (tertiary/aromatic N) is 5. The molecule has 2 aromatic heterocycles. The fraction of sp³-hybridized carbons (Fsp3) is 0.333. The molecule has 1 aliphatic carbocycles. The lowest BCUT2D eigenvalue weighted by Gasteiger charge is -2.47. The third kappa shape index (κ3) is 4.34. The van der Waals surface area contributed by atoms with Crippen molar-refractivity contribution in [2.45, 2.75) is 25.9 Å². The van der Waals surface area contributed by atoms with E-state index in [0.717, 1.165) is 46.8 Å². The zero-order chi connectivity index (χ0) is 27.1. The average molecular weight is 542 g/mol. The van der Waals surface area contributed by atoms with Crippen molar-refractivity contribution in [3.63, 3.8) is 0 Å². The lowest BCUT2D eigenvalue weighted by atomic mass is 9.79. The summed E-state index contributed by atoms with van der Waals surface area (Å²) in [5.41, 5.74) is 6.92. The van der Waals surface area contributed by atoms with Gasteiger partial charge >= 0.3 is 0 Å². The topological polar surface area (TPSA) is 82.4 Å². The lowest BCUT2D eigenvalue weighted by Crippen LogP contribution is -2.59. The van der Waals surface area contributed by atoms with E-state index in [0.29, 0.717) is 55.2 Å². The maximum absolute atomic E-state index is 15.2. The summed E-state index contributed by atoms with van der Waals surface area (Å²) in [5.74, 6) is 0.168. The number of nitriles is 1. The molecule has 4 heterocycles. The van der Waals surface area contributed by atoms with Crippen molar-refractivity contribution in [1.82, 2.24) is 14.9 Å². The predicted molar refractivity (Wildman–Crippen MR) is 149 cm³/mol. The van der Waals surface area contributed by atoms with Crippen molar-refractivity contribution < 1.29 is 13.9 Å². The van der Waals surface area contributed by atoms with Crippen LogP contribution in [0.2, 0.25) is 0 Å². The molecule has 39 heavy (non-hydrogen) atoms. The first kappa shape index (κ1) is 25.4. The summed E-state index contributed by atoms with van der Waals surface area (Å²) in [6.45, 7) is 6.76. The van der Waals surface area contributed by atoms with E-state index < -0.39 is 0 Å². The Bertz CT molecular complexity index is 1550. The monoisotopic (exact) mass is 541 g/mol. The number of hydrogen-bond acceptors (Lipinski definition) is 7. The maximum Gasteiger partial charge on any atom is 0.245 e. The molecule has 0 saturated carbocycles. The predicted octanol–water partition coefficient (Wildman–Crippen LogP) is 5.07. The second-order valence-electron chi connectivity index (χ2n) is 10.4. The number of ether oxygens (including phenoxy) is 1. The van der Waals surface area contributed by atoms with Gasteiger partial charge in [-0.1, -0.05) is 24.8 Å². The summed E-state index contributed by atoms with van der Waals surface area (Å²) in [6.07, 6.45) is 5.69. The number of anilines is 1. The molecule has 6 rings (SSSR count). The van der Waals surface area contributed by atoms with Gasteiger partial charge in [0.2, 0.25) is 5.91 Å². The van der Waals surface area contributed by atoms with Crippen LogP contribution >= 0.6 is 11.3 Å². The molecule has 198 valence electrons. The van der Waals surface area contributed by atoms with E-state index in [1.54, 1.807) is 41.5 Å². The molecule has 0 atom stereocenters. The Balaban J connectivity index is 1.46. The standard InChI is InChI=1S/C30H28FN5O2S/c1-3-26(37)36-16-30(17-36)10-11-35(15-30)29-22(13-32)27(20-6-4-5-7-23(20)31)21-9-8-19(12-24(21)34-29)28-25(14-38-2)33-18-39-28/h3-7,12,18H,1,8-11,14-17H2,2H3. The highest BCUT2D eigenvalue weighted by molar-refractivity contribution is 7.11. The number of allylic oxidation sites excluding steroid dienone is 1. The summed E-state index contributed by atoms with van der Waals surface area (Å²) in [6, 6.07) is 9.03. The quantitative estimate of drug-likeness (QED) is 0.405.